The lowest BCUT2D eigenvalue weighted by atomic mass is 9.92. The largest absolute Gasteiger partial charge is 0.393 e. The molecule has 32 heavy (non-hydrogen) atoms. The van der Waals surface area contributed by atoms with Gasteiger partial charge in [-0.25, -0.2) is 0 Å². The first-order valence-electron chi connectivity index (χ1n) is 11.8. The molecule has 2 heterocycles. The molecule has 0 unspecified atom stereocenters. The molecule has 2 aromatic rings. The molecule has 0 bridgehead atoms. The number of fused-ring (bicyclic) bond motifs is 1. The Kier molecular flexibility index (Phi) is 6.55. The lowest BCUT2D eigenvalue weighted by Crippen LogP contribution is -2.38. The van der Waals surface area contributed by atoms with Gasteiger partial charge in [0.15, 0.2) is 0 Å². The quantitative estimate of drug-likeness (QED) is 0.617. The highest BCUT2D eigenvalue weighted by Crippen LogP contribution is 2.31. The van der Waals surface area contributed by atoms with Gasteiger partial charge >= 0.3 is 0 Å². The Balaban J connectivity index is 1.65. The van der Waals surface area contributed by atoms with Crippen LogP contribution in [0.3, 0.4) is 0 Å². The molecular formula is C25H34N4O3. The molecule has 1 aliphatic carbocycles. The predicted molar refractivity (Wildman–Crippen MR) is 125 cm³/mol. The molecule has 4 N–H and O–H groups in total. The van der Waals surface area contributed by atoms with Crippen molar-refractivity contribution in [2.75, 3.05) is 18.4 Å². The second kappa shape index (κ2) is 9.36. The Morgan fingerprint density at radius 3 is 2.69 bits per heavy atom. The van der Waals surface area contributed by atoms with Gasteiger partial charge in [-0.3, -0.25) is 9.59 Å². The van der Waals surface area contributed by atoms with Gasteiger partial charge in [-0.2, -0.15) is 0 Å². The Hall–Kier alpha value is -2.80. The number of hydrogen-bond donors (Lipinski definition) is 3. The van der Waals surface area contributed by atoms with E-state index in [-0.39, 0.29) is 18.1 Å². The fourth-order valence-corrected chi connectivity index (χ4v) is 4.97. The van der Waals surface area contributed by atoms with Crippen LogP contribution < -0.4 is 11.1 Å². The van der Waals surface area contributed by atoms with Gasteiger partial charge in [0.25, 0.3) is 11.8 Å². The SMILES string of the molecule is CCCCN1CCc2c(c(C)cn2-c2ccc(C(N)=O)c(NC3CCC(O)CC3)c2)C1=O. The number of aliphatic hydroxyl groups excluding tert-OH is 1. The third-order valence-electron chi connectivity index (χ3n) is 6.80. The van der Waals surface area contributed by atoms with Crippen molar-refractivity contribution in [1.82, 2.24) is 9.47 Å². The summed E-state index contributed by atoms with van der Waals surface area (Å²) in [5, 5.41) is 13.3. The van der Waals surface area contributed by atoms with Crippen LogP contribution >= 0.6 is 0 Å². The maximum atomic E-state index is 13.1. The van der Waals surface area contributed by atoms with Crippen LogP contribution in [0.15, 0.2) is 24.4 Å². The van der Waals surface area contributed by atoms with Gasteiger partial charge in [0.2, 0.25) is 0 Å². The van der Waals surface area contributed by atoms with Crippen LogP contribution in [-0.2, 0) is 6.42 Å². The molecule has 172 valence electrons. The third kappa shape index (κ3) is 4.39. The summed E-state index contributed by atoms with van der Waals surface area (Å²) in [5.41, 5.74) is 10.5. The van der Waals surface area contributed by atoms with E-state index in [1.807, 2.05) is 30.2 Å². The fourth-order valence-electron chi connectivity index (χ4n) is 4.97. The molecule has 1 aromatic heterocycles. The zero-order valence-corrected chi connectivity index (χ0v) is 19.1. The van der Waals surface area contributed by atoms with Crippen molar-refractivity contribution in [3.05, 3.63) is 46.8 Å². The van der Waals surface area contributed by atoms with E-state index in [0.29, 0.717) is 11.3 Å². The van der Waals surface area contributed by atoms with Gasteiger partial charge in [0.1, 0.15) is 0 Å². The van der Waals surface area contributed by atoms with Gasteiger partial charge in [-0.05, 0) is 62.8 Å². The number of aromatic nitrogens is 1. The van der Waals surface area contributed by atoms with E-state index < -0.39 is 5.91 Å². The summed E-state index contributed by atoms with van der Waals surface area (Å²) in [4.78, 5) is 27.1. The van der Waals surface area contributed by atoms with Gasteiger partial charge in [0, 0.05) is 48.8 Å². The number of unbranched alkanes of at least 4 members (excludes halogenated alkanes) is 1. The number of carbonyl (C=O) groups excluding carboxylic acids is 2. The van der Waals surface area contributed by atoms with Gasteiger partial charge in [-0.15, -0.1) is 0 Å². The molecule has 7 heteroatoms. The first-order valence-corrected chi connectivity index (χ1v) is 11.8. The highest BCUT2D eigenvalue weighted by molar-refractivity contribution is 5.99. The number of nitrogens with zero attached hydrogens (tertiary/aromatic N) is 2. The molecule has 7 nitrogen and oxygen atoms in total. The number of nitrogens with two attached hydrogens (primary N) is 1. The van der Waals surface area contributed by atoms with E-state index in [1.54, 1.807) is 6.07 Å². The van der Waals surface area contributed by atoms with Crippen molar-refractivity contribution in [3.63, 3.8) is 0 Å². The van der Waals surface area contributed by atoms with Crippen molar-refractivity contribution < 1.29 is 14.7 Å². The standard InChI is InChI=1S/C25H34N4O3/c1-3-4-12-28-13-11-22-23(25(28)32)16(2)15-29(22)18-7-10-20(24(26)31)21(14-18)27-17-5-8-19(30)9-6-17/h7,10,14-15,17,19,27,30H,3-6,8-9,11-13H2,1-2H3,(H2,26,31). The monoisotopic (exact) mass is 438 g/mol. The molecule has 0 saturated heterocycles. The van der Waals surface area contributed by atoms with Crippen LogP contribution in [0.5, 0.6) is 0 Å². The van der Waals surface area contributed by atoms with E-state index in [1.165, 1.54) is 0 Å². The number of aliphatic hydroxyl groups is 1. The number of aryl methyl sites for hydroxylation is 1. The number of amides is 2. The first kappa shape index (κ1) is 22.4. The van der Waals surface area contributed by atoms with Crippen LogP contribution in [0.1, 0.15) is 77.4 Å². The number of benzene rings is 1. The minimum absolute atomic E-state index is 0.115. The zero-order valence-electron chi connectivity index (χ0n) is 19.1. The normalized spacial score (nSPS) is 20.8. The second-order valence-electron chi connectivity index (χ2n) is 9.14. The Morgan fingerprint density at radius 2 is 2.00 bits per heavy atom. The van der Waals surface area contributed by atoms with Crippen LogP contribution in [0.2, 0.25) is 0 Å². The van der Waals surface area contributed by atoms with E-state index in [4.69, 9.17) is 5.73 Å². The van der Waals surface area contributed by atoms with Gasteiger partial charge < -0.3 is 25.6 Å². The number of carbonyl (C=O) groups is 2. The molecule has 1 fully saturated rings. The average molecular weight is 439 g/mol. The maximum Gasteiger partial charge on any atom is 0.255 e. The van der Waals surface area contributed by atoms with Gasteiger partial charge in [0.05, 0.1) is 17.2 Å². The number of rotatable bonds is 7. The number of anilines is 1. The molecule has 1 aliphatic heterocycles. The molecule has 2 amide bonds. The van der Waals surface area contributed by atoms with Crippen LogP contribution in [0.4, 0.5) is 5.69 Å². The van der Waals surface area contributed by atoms with E-state index in [0.717, 1.165) is 80.5 Å². The van der Waals surface area contributed by atoms with Gasteiger partial charge in [-0.1, -0.05) is 13.3 Å². The summed E-state index contributed by atoms with van der Waals surface area (Å²) in [6.07, 6.45) is 7.88. The minimum Gasteiger partial charge on any atom is -0.393 e. The number of primary amides is 1. The van der Waals surface area contributed by atoms with Crippen molar-refractivity contribution >= 4 is 17.5 Å². The Labute approximate surface area is 189 Å². The summed E-state index contributed by atoms with van der Waals surface area (Å²) in [5.74, 6) is -0.355. The lowest BCUT2D eigenvalue weighted by molar-refractivity contribution is 0.0735. The molecule has 0 spiro atoms. The van der Waals surface area contributed by atoms with Crippen molar-refractivity contribution in [2.45, 2.75) is 70.9 Å². The van der Waals surface area contributed by atoms with Crippen molar-refractivity contribution in [3.8, 4) is 5.69 Å². The van der Waals surface area contributed by atoms with Crippen LogP contribution in [0.25, 0.3) is 5.69 Å². The van der Waals surface area contributed by atoms with E-state index in [9.17, 15) is 14.7 Å². The summed E-state index contributed by atoms with van der Waals surface area (Å²) in [7, 11) is 0. The summed E-state index contributed by atoms with van der Waals surface area (Å²) in [6, 6.07) is 5.81. The molecule has 1 saturated carbocycles. The molecule has 0 radical (unpaired) electrons. The molecular weight excluding hydrogens is 404 g/mol. The van der Waals surface area contributed by atoms with E-state index in [2.05, 4.69) is 16.8 Å². The molecule has 4 rings (SSSR count). The van der Waals surface area contributed by atoms with E-state index >= 15 is 0 Å². The first-order chi connectivity index (χ1) is 15.4. The topological polar surface area (TPSA) is 101 Å². The summed E-state index contributed by atoms with van der Waals surface area (Å²) >= 11 is 0. The number of nitrogens with one attached hydrogen (secondary N) is 1. The average Bonchev–Trinajstić information content (AvgIpc) is 3.12. The zero-order chi connectivity index (χ0) is 22.8. The summed E-state index contributed by atoms with van der Waals surface area (Å²) in [6.45, 7) is 5.65. The maximum absolute atomic E-state index is 13.1. The van der Waals surface area contributed by atoms with Crippen LogP contribution in [-0.4, -0.2) is 51.6 Å². The Bertz CT molecular complexity index is 1000. The molecule has 1 aromatic carbocycles. The summed E-state index contributed by atoms with van der Waals surface area (Å²) < 4.78 is 2.08. The van der Waals surface area contributed by atoms with Crippen LogP contribution in [0, 0.1) is 6.92 Å². The smallest absolute Gasteiger partial charge is 0.255 e. The highest BCUT2D eigenvalue weighted by atomic mass is 16.3. The highest BCUT2D eigenvalue weighted by Gasteiger charge is 2.29. The lowest BCUT2D eigenvalue weighted by Gasteiger charge is -2.29. The number of hydrogen-bond acceptors (Lipinski definition) is 4. The fraction of sp³-hybridized carbons (Fsp3) is 0.520. The third-order valence-corrected chi connectivity index (χ3v) is 6.80. The minimum atomic E-state index is -0.470. The molecule has 0 atom stereocenters. The Morgan fingerprint density at radius 1 is 1.25 bits per heavy atom. The predicted octanol–water partition coefficient (Wildman–Crippen LogP) is 3.40. The van der Waals surface area contributed by atoms with Crippen molar-refractivity contribution in [2.24, 2.45) is 5.73 Å². The second-order valence-corrected chi connectivity index (χ2v) is 9.14. The van der Waals surface area contributed by atoms with Crippen molar-refractivity contribution in [1.29, 1.82) is 0 Å². The molecule has 2 aliphatic rings.